The Hall–Kier alpha value is -2.53. The van der Waals surface area contributed by atoms with Crippen LogP contribution in [0.5, 0.6) is 23.0 Å². The first-order chi connectivity index (χ1) is 17.5. The molecule has 3 N–H and O–H groups in total. The molecule has 2 aromatic carbocycles. The minimum atomic E-state index is -0.314. The topological polar surface area (TPSA) is 110 Å². The summed E-state index contributed by atoms with van der Waals surface area (Å²) in [4.78, 5) is 15.2. The third-order valence-corrected chi connectivity index (χ3v) is 6.43. The molecule has 0 fully saturated rings. The normalized spacial score (nSPS) is 13.2. The zero-order chi connectivity index (χ0) is 25.9. The molecule has 1 heterocycles. The van der Waals surface area contributed by atoms with Gasteiger partial charge < -0.3 is 34.5 Å². The molecular weight excluding hydrogens is 532 g/mol. The van der Waals surface area contributed by atoms with Gasteiger partial charge in [-0.1, -0.05) is 15.9 Å². The van der Waals surface area contributed by atoms with E-state index in [1.54, 1.807) is 20.3 Å². The molecule has 36 heavy (non-hydrogen) atoms. The second kappa shape index (κ2) is 14.3. The number of carbonyl (C=O) groups excluding carboxylic acids is 1. The second-order valence-corrected chi connectivity index (χ2v) is 9.37. The van der Waals surface area contributed by atoms with E-state index < -0.39 is 0 Å². The lowest BCUT2D eigenvalue weighted by Crippen LogP contribution is -2.32. The van der Waals surface area contributed by atoms with Crippen molar-refractivity contribution in [2.75, 3.05) is 60.3 Å². The van der Waals surface area contributed by atoms with Crippen molar-refractivity contribution in [3.05, 3.63) is 45.4 Å². The van der Waals surface area contributed by atoms with Crippen LogP contribution >= 0.6 is 15.9 Å². The molecule has 10 heteroatoms. The molecule has 0 aliphatic carbocycles. The monoisotopic (exact) mass is 566 g/mol. The van der Waals surface area contributed by atoms with Gasteiger partial charge in [-0.3, -0.25) is 9.69 Å². The number of phenolic OH excluding ortho intramolecular Hbond substituents is 1. The number of carbonyl (C=O) groups is 1. The van der Waals surface area contributed by atoms with Crippen molar-refractivity contribution in [2.45, 2.75) is 25.8 Å². The summed E-state index contributed by atoms with van der Waals surface area (Å²) in [6.07, 6.45) is 2.73. The first-order valence-electron chi connectivity index (χ1n) is 12.0. The smallest absolute Gasteiger partial charge is 0.255 e. The number of methoxy groups -OCH3 is 2. The van der Waals surface area contributed by atoms with Gasteiger partial charge in [-0.2, -0.15) is 0 Å². The van der Waals surface area contributed by atoms with Gasteiger partial charge in [0.2, 0.25) is 0 Å². The van der Waals surface area contributed by atoms with Gasteiger partial charge in [-0.15, -0.1) is 0 Å². The van der Waals surface area contributed by atoms with E-state index in [9.17, 15) is 9.90 Å². The third kappa shape index (κ3) is 7.73. The summed E-state index contributed by atoms with van der Waals surface area (Å²) in [6, 6.07) is 7.23. The zero-order valence-corrected chi connectivity index (χ0v) is 22.4. The van der Waals surface area contributed by atoms with Crippen LogP contribution in [0.2, 0.25) is 0 Å². The maximum absolute atomic E-state index is 12.8. The van der Waals surface area contributed by atoms with Gasteiger partial charge in [-0.05, 0) is 61.2 Å². The number of phenols is 1. The molecule has 0 bridgehead atoms. The Balaban J connectivity index is 1.46. The second-order valence-electron chi connectivity index (χ2n) is 8.45. The average molecular weight is 567 g/mol. The van der Waals surface area contributed by atoms with E-state index in [0.717, 1.165) is 50.4 Å². The molecule has 0 unspecified atom stereocenters. The lowest BCUT2D eigenvalue weighted by atomic mass is 9.98. The minimum absolute atomic E-state index is 0.0772. The van der Waals surface area contributed by atoms with Crippen molar-refractivity contribution in [3.8, 4) is 23.0 Å². The Morgan fingerprint density at radius 2 is 1.81 bits per heavy atom. The van der Waals surface area contributed by atoms with E-state index in [4.69, 9.17) is 24.1 Å². The van der Waals surface area contributed by atoms with Crippen LogP contribution < -0.4 is 19.5 Å². The summed E-state index contributed by atoms with van der Waals surface area (Å²) < 4.78 is 22.2. The van der Waals surface area contributed by atoms with E-state index >= 15 is 0 Å². The number of aliphatic hydroxyl groups excluding tert-OH is 1. The van der Waals surface area contributed by atoms with E-state index in [2.05, 4.69) is 38.3 Å². The van der Waals surface area contributed by atoms with Crippen molar-refractivity contribution in [2.24, 2.45) is 0 Å². The van der Waals surface area contributed by atoms with Crippen LogP contribution in [0.15, 0.2) is 28.7 Å². The van der Waals surface area contributed by atoms with Crippen LogP contribution in [0.25, 0.3) is 0 Å². The Kier molecular flexibility index (Phi) is 11.1. The zero-order valence-electron chi connectivity index (χ0n) is 20.8. The summed E-state index contributed by atoms with van der Waals surface area (Å²) in [5.41, 5.74) is 2.81. The Labute approximate surface area is 220 Å². The highest BCUT2D eigenvalue weighted by Gasteiger charge is 2.20. The minimum Gasteiger partial charge on any atom is -0.504 e. The molecule has 1 amide bonds. The molecule has 0 saturated heterocycles. The van der Waals surface area contributed by atoms with Crippen molar-refractivity contribution >= 4 is 21.8 Å². The Morgan fingerprint density at radius 1 is 1.06 bits per heavy atom. The number of fused-ring (bicyclic) bond motifs is 1. The first kappa shape index (κ1) is 28.0. The Morgan fingerprint density at radius 3 is 2.53 bits per heavy atom. The number of aromatic hydroxyl groups is 1. The quantitative estimate of drug-likeness (QED) is 0.299. The van der Waals surface area contributed by atoms with Crippen LogP contribution in [-0.4, -0.2) is 81.3 Å². The number of nitrogens with zero attached hydrogens (tertiary/aromatic N) is 1. The number of rotatable bonds is 14. The van der Waals surface area contributed by atoms with Gasteiger partial charge in [0.15, 0.2) is 23.0 Å². The highest BCUT2D eigenvalue weighted by molar-refractivity contribution is 9.10. The van der Waals surface area contributed by atoms with Crippen LogP contribution in [0, 0.1) is 0 Å². The average Bonchev–Trinajstić information content (AvgIpc) is 2.88. The van der Waals surface area contributed by atoms with E-state index in [0.29, 0.717) is 11.0 Å². The number of ether oxygens (including phenoxy) is 4. The number of nitrogens with one attached hydrogen (secondary N) is 1. The molecule has 0 atom stereocenters. The SMILES string of the molecule is COc1cc2c(cc1OC)CN(CCCCNC(=O)c1cc(Br)cc(O)c1OCCOCCO)CC2. The standard InChI is InChI=1S/C26H35BrN2O7/c1-33-23-13-18-5-8-29(17-19(18)14-24(23)34-2)7-4-3-6-28-26(32)21-15-20(27)16-22(31)25(21)36-12-11-35-10-9-30/h13-16,30-31H,3-12,17H2,1-2H3,(H,28,32). The van der Waals surface area contributed by atoms with Crippen molar-refractivity contribution in [1.82, 2.24) is 10.2 Å². The molecule has 0 radical (unpaired) electrons. The summed E-state index contributed by atoms with van der Waals surface area (Å²) in [6.45, 7) is 3.80. The molecule has 0 spiro atoms. The molecule has 2 aromatic rings. The summed E-state index contributed by atoms with van der Waals surface area (Å²) >= 11 is 3.32. The maximum Gasteiger partial charge on any atom is 0.255 e. The number of hydrogen-bond acceptors (Lipinski definition) is 8. The van der Waals surface area contributed by atoms with Crippen molar-refractivity contribution in [1.29, 1.82) is 0 Å². The van der Waals surface area contributed by atoms with Gasteiger partial charge in [0, 0.05) is 24.1 Å². The fraction of sp³-hybridized carbons (Fsp3) is 0.500. The number of aliphatic hydroxyl groups is 1. The van der Waals surface area contributed by atoms with Crippen LogP contribution in [0.4, 0.5) is 0 Å². The lowest BCUT2D eigenvalue weighted by Gasteiger charge is -2.29. The van der Waals surface area contributed by atoms with Crippen LogP contribution in [0.3, 0.4) is 0 Å². The molecule has 3 rings (SSSR count). The highest BCUT2D eigenvalue weighted by Crippen LogP contribution is 2.34. The third-order valence-electron chi connectivity index (χ3n) is 5.97. The molecule has 1 aliphatic heterocycles. The molecule has 9 nitrogen and oxygen atoms in total. The van der Waals surface area contributed by atoms with Gasteiger partial charge in [0.1, 0.15) is 6.61 Å². The van der Waals surface area contributed by atoms with Gasteiger partial charge in [0.05, 0.1) is 39.6 Å². The molecule has 0 aromatic heterocycles. The summed E-state index contributed by atoms with van der Waals surface area (Å²) in [5.74, 6) is 1.19. The summed E-state index contributed by atoms with van der Waals surface area (Å²) in [5, 5.41) is 22.0. The number of unbranched alkanes of at least 4 members (excludes halogenated alkanes) is 1. The highest BCUT2D eigenvalue weighted by atomic mass is 79.9. The first-order valence-corrected chi connectivity index (χ1v) is 12.8. The molecule has 1 aliphatic rings. The number of amides is 1. The molecule has 0 saturated carbocycles. The van der Waals surface area contributed by atoms with Gasteiger partial charge in [0.25, 0.3) is 5.91 Å². The Bertz CT molecular complexity index is 1020. The lowest BCUT2D eigenvalue weighted by molar-refractivity contribution is 0.0693. The number of benzene rings is 2. The van der Waals surface area contributed by atoms with Gasteiger partial charge >= 0.3 is 0 Å². The molecular formula is C26H35BrN2O7. The van der Waals surface area contributed by atoms with Crippen LogP contribution in [-0.2, 0) is 17.7 Å². The predicted molar refractivity (Wildman–Crippen MR) is 139 cm³/mol. The fourth-order valence-corrected chi connectivity index (χ4v) is 4.60. The largest absolute Gasteiger partial charge is 0.504 e. The van der Waals surface area contributed by atoms with Crippen LogP contribution in [0.1, 0.15) is 34.3 Å². The molecule has 198 valence electrons. The van der Waals surface area contributed by atoms with Crippen molar-refractivity contribution < 1.29 is 34.0 Å². The van der Waals surface area contributed by atoms with Crippen molar-refractivity contribution in [3.63, 3.8) is 0 Å². The van der Waals surface area contributed by atoms with E-state index in [-0.39, 0.29) is 49.4 Å². The van der Waals surface area contributed by atoms with Gasteiger partial charge in [-0.25, -0.2) is 0 Å². The summed E-state index contributed by atoms with van der Waals surface area (Å²) in [7, 11) is 3.30. The number of hydrogen-bond donors (Lipinski definition) is 3. The predicted octanol–water partition coefficient (Wildman–Crippen LogP) is 3.13. The maximum atomic E-state index is 12.8. The number of halogens is 1. The fourth-order valence-electron chi connectivity index (χ4n) is 4.16. The van der Waals surface area contributed by atoms with E-state index in [1.165, 1.54) is 17.2 Å². The van der Waals surface area contributed by atoms with E-state index in [1.807, 2.05) is 0 Å².